The molecule has 0 aromatic heterocycles. The highest BCUT2D eigenvalue weighted by molar-refractivity contribution is 6.04. The van der Waals surface area contributed by atoms with Crippen LogP contribution in [0.15, 0.2) is 12.1 Å². The van der Waals surface area contributed by atoms with Crippen LogP contribution in [0.2, 0.25) is 0 Å². The van der Waals surface area contributed by atoms with Crippen molar-refractivity contribution in [2.75, 3.05) is 5.32 Å². The lowest BCUT2D eigenvalue weighted by Gasteiger charge is -2.26. The Kier molecular flexibility index (Phi) is 4.42. The van der Waals surface area contributed by atoms with E-state index in [4.69, 9.17) is 5.11 Å². The van der Waals surface area contributed by atoms with Crippen LogP contribution >= 0.6 is 0 Å². The Bertz CT molecular complexity index is 529. The fourth-order valence-electron chi connectivity index (χ4n) is 1.73. The maximum atomic E-state index is 13.4. The fourth-order valence-corrected chi connectivity index (χ4v) is 1.73. The van der Waals surface area contributed by atoms with Crippen molar-refractivity contribution in [3.8, 4) is 0 Å². The van der Waals surface area contributed by atoms with E-state index in [-0.39, 0.29) is 0 Å². The van der Waals surface area contributed by atoms with Crippen molar-refractivity contribution in [2.24, 2.45) is 11.3 Å². The Balaban J connectivity index is 3.10. The fraction of sp³-hybridized carbons (Fsp3) is 0.385. The van der Waals surface area contributed by atoms with Crippen LogP contribution in [0.5, 0.6) is 0 Å². The van der Waals surface area contributed by atoms with E-state index in [1.165, 1.54) is 20.8 Å². The molecule has 0 saturated carbocycles. The molecule has 0 saturated heterocycles. The molecule has 1 aromatic carbocycles. The van der Waals surface area contributed by atoms with Gasteiger partial charge in [-0.2, -0.15) is 0 Å². The minimum absolute atomic E-state index is 0.394. The van der Waals surface area contributed by atoms with Gasteiger partial charge in [-0.25, -0.2) is 13.2 Å². The van der Waals surface area contributed by atoms with Gasteiger partial charge in [0.25, 0.3) is 0 Å². The predicted molar refractivity (Wildman–Crippen MR) is 65.5 cm³/mol. The molecule has 0 aliphatic carbocycles. The van der Waals surface area contributed by atoms with Crippen molar-refractivity contribution < 1.29 is 27.9 Å². The molecule has 7 heteroatoms. The molecule has 2 N–H and O–H groups in total. The predicted octanol–water partition coefficient (Wildman–Crippen LogP) is 2.79. The summed E-state index contributed by atoms with van der Waals surface area (Å²) < 4.78 is 39.5. The minimum atomic E-state index is -1.51. The largest absolute Gasteiger partial charge is 0.481 e. The molecular weight excluding hydrogens is 275 g/mol. The van der Waals surface area contributed by atoms with Gasteiger partial charge in [-0.15, -0.1) is 0 Å². The molecule has 0 spiro atoms. The molecule has 1 amide bonds. The number of benzene rings is 1. The molecule has 0 aliphatic rings. The first kappa shape index (κ1) is 16.0. The van der Waals surface area contributed by atoms with Crippen LogP contribution < -0.4 is 5.32 Å². The Hall–Kier alpha value is -2.05. The molecule has 20 heavy (non-hydrogen) atoms. The Morgan fingerprint density at radius 2 is 1.60 bits per heavy atom. The summed E-state index contributed by atoms with van der Waals surface area (Å²) in [5.74, 6) is -7.76. The zero-order valence-electron chi connectivity index (χ0n) is 11.1. The second-order valence-electron chi connectivity index (χ2n) is 5.37. The lowest BCUT2D eigenvalue weighted by atomic mass is 9.80. The first-order chi connectivity index (χ1) is 9.04. The van der Waals surface area contributed by atoms with Gasteiger partial charge < -0.3 is 10.4 Å². The topological polar surface area (TPSA) is 66.4 Å². The smallest absolute Gasteiger partial charge is 0.316 e. The van der Waals surface area contributed by atoms with Crippen LogP contribution in [-0.2, 0) is 9.59 Å². The van der Waals surface area contributed by atoms with Crippen LogP contribution in [0.25, 0.3) is 0 Å². The molecular formula is C13H14F3NO3. The van der Waals surface area contributed by atoms with Gasteiger partial charge in [0.2, 0.25) is 5.91 Å². The summed E-state index contributed by atoms with van der Waals surface area (Å²) in [4.78, 5) is 23.0. The zero-order valence-corrected chi connectivity index (χ0v) is 11.1. The lowest BCUT2D eigenvalue weighted by Crippen LogP contribution is -2.39. The maximum absolute atomic E-state index is 13.4. The summed E-state index contributed by atoms with van der Waals surface area (Å²) >= 11 is 0. The summed E-state index contributed by atoms with van der Waals surface area (Å²) in [6, 6.07) is 0.789. The third-order valence-corrected chi connectivity index (χ3v) is 2.63. The third kappa shape index (κ3) is 3.49. The monoisotopic (exact) mass is 289 g/mol. The van der Waals surface area contributed by atoms with Crippen molar-refractivity contribution >= 4 is 17.6 Å². The number of halogens is 3. The van der Waals surface area contributed by atoms with E-state index >= 15 is 0 Å². The number of nitrogens with one attached hydrogen (secondary N) is 1. The van der Waals surface area contributed by atoms with Crippen molar-refractivity contribution in [3.05, 3.63) is 29.6 Å². The molecule has 1 atom stereocenters. The van der Waals surface area contributed by atoms with E-state index in [0.29, 0.717) is 12.1 Å². The number of anilines is 1. The molecule has 0 radical (unpaired) electrons. The zero-order chi connectivity index (χ0) is 15.7. The van der Waals surface area contributed by atoms with Crippen molar-refractivity contribution in [1.29, 1.82) is 0 Å². The number of carbonyl (C=O) groups is 2. The van der Waals surface area contributed by atoms with Gasteiger partial charge in [-0.1, -0.05) is 20.8 Å². The van der Waals surface area contributed by atoms with E-state index in [0.717, 1.165) is 0 Å². The van der Waals surface area contributed by atoms with Crippen molar-refractivity contribution in [2.45, 2.75) is 20.8 Å². The number of carbonyl (C=O) groups excluding carboxylic acids is 1. The van der Waals surface area contributed by atoms with Gasteiger partial charge in [0.1, 0.15) is 17.4 Å². The molecule has 110 valence electrons. The van der Waals surface area contributed by atoms with Crippen LogP contribution in [0.3, 0.4) is 0 Å². The number of hydrogen-bond acceptors (Lipinski definition) is 2. The molecule has 1 unspecified atom stereocenters. The van der Waals surface area contributed by atoms with E-state index in [1.54, 1.807) is 0 Å². The van der Waals surface area contributed by atoms with Crippen molar-refractivity contribution in [3.63, 3.8) is 0 Å². The first-order valence-corrected chi connectivity index (χ1v) is 5.72. The molecule has 0 aliphatic heterocycles. The SMILES string of the molecule is CC(C)(C)C(C(=O)O)C(=O)Nc1c(F)cc(F)cc1F. The number of carboxylic acid groups (broad SMARTS) is 1. The number of carboxylic acids is 1. The summed E-state index contributed by atoms with van der Waals surface area (Å²) in [5, 5.41) is 10.9. The number of amides is 1. The van der Waals surface area contributed by atoms with Crippen LogP contribution in [0.4, 0.5) is 18.9 Å². The second kappa shape index (κ2) is 5.52. The first-order valence-electron chi connectivity index (χ1n) is 5.72. The highest BCUT2D eigenvalue weighted by atomic mass is 19.1. The number of aliphatic carboxylic acids is 1. The average molecular weight is 289 g/mol. The molecule has 1 aromatic rings. The van der Waals surface area contributed by atoms with E-state index in [9.17, 15) is 22.8 Å². The van der Waals surface area contributed by atoms with Crippen LogP contribution in [-0.4, -0.2) is 17.0 Å². The summed E-state index contributed by atoms with van der Waals surface area (Å²) in [6.07, 6.45) is 0. The van der Waals surface area contributed by atoms with Gasteiger partial charge in [0.05, 0.1) is 0 Å². The van der Waals surface area contributed by atoms with E-state index in [2.05, 4.69) is 0 Å². The standard InChI is InChI=1S/C13H14F3NO3/c1-13(2,3)9(12(19)20)11(18)17-10-7(15)4-6(14)5-8(10)16/h4-5,9H,1-3H3,(H,17,18)(H,19,20). The van der Waals surface area contributed by atoms with Gasteiger partial charge in [0.15, 0.2) is 11.6 Å². The van der Waals surface area contributed by atoms with Crippen LogP contribution in [0, 0.1) is 28.8 Å². The van der Waals surface area contributed by atoms with Gasteiger partial charge >= 0.3 is 5.97 Å². The van der Waals surface area contributed by atoms with Crippen molar-refractivity contribution in [1.82, 2.24) is 0 Å². The Labute approximate surface area is 113 Å². The van der Waals surface area contributed by atoms with Gasteiger partial charge in [-0.3, -0.25) is 9.59 Å². The highest BCUT2D eigenvalue weighted by Crippen LogP contribution is 2.28. The minimum Gasteiger partial charge on any atom is -0.481 e. The summed E-state index contributed by atoms with van der Waals surface area (Å²) in [5.41, 5.74) is -1.82. The highest BCUT2D eigenvalue weighted by Gasteiger charge is 2.38. The van der Waals surface area contributed by atoms with Crippen LogP contribution in [0.1, 0.15) is 20.8 Å². The Morgan fingerprint density at radius 3 is 1.95 bits per heavy atom. The third-order valence-electron chi connectivity index (χ3n) is 2.63. The van der Waals surface area contributed by atoms with E-state index < -0.39 is 46.3 Å². The quantitative estimate of drug-likeness (QED) is 0.841. The second-order valence-corrected chi connectivity index (χ2v) is 5.37. The maximum Gasteiger partial charge on any atom is 0.316 e. The van der Waals surface area contributed by atoms with Gasteiger partial charge in [0, 0.05) is 12.1 Å². The molecule has 4 nitrogen and oxygen atoms in total. The van der Waals surface area contributed by atoms with Gasteiger partial charge in [-0.05, 0) is 5.41 Å². The lowest BCUT2D eigenvalue weighted by molar-refractivity contribution is -0.149. The average Bonchev–Trinajstić information content (AvgIpc) is 2.20. The molecule has 0 heterocycles. The van der Waals surface area contributed by atoms with E-state index in [1.807, 2.05) is 5.32 Å². The summed E-state index contributed by atoms with van der Waals surface area (Å²) in [7, 11) is 0. The molecule has 0 fully saturated rings. The molecule has 0 bridgehead atoms. The number of rotatable bonds is 3. The molecule has 1 rings (SSSR count). The summed E-state index contributed by atoms with van der Waals surface area (Å²) in [6.45, 7) is 4.51. The number of hydrogen-bond donors (Lipinski definition) is 2. The normalized spacial score (nSPS) is 12.9. The Morgan fingerprint density at radius 1 is 1.15 bits per heavy atom.